The molecule has 0 aromatic heterocycles. The average Bonchev–Trinajstić information content (AvgIpc) is 2.38. The van der Waals surface area contributed by atoms with Crippen molar-refractivity contribution in [2.45, 2.75) is 19.3 Å². The van der Waals surface area contributed by atoms with Crippen LogP contribution in [0.15, 0.2) is 24.3 Å². The van der Waals surface area contributed by atoms with Crippen LogP contribution in [0.25, 0.3) is 0 Å². The third kappa shape index (κ3) is 5.34. The Bertz CT molecular complexity index is 396. The van der Waals surface area contributed by atoms with Crippen LogP contribution in [0.5, 0.6) is 5.75 Å². The first-order valence-corrected chi connectivity index (χ1v) is 5.62. The summed E-state index contributed by atoms with van der Waals surface area (Å²) in [4.78, 5) is 22.0. The van der Waals surface area contributed by atoms with Crippen LogP contribution >= 0.6 is 0 Å². The first-order valence-electron chi connectivity index (χ1n) is 5.62. The summed E-state index contributed by atoms with van der Waals surface area (Å²) in [6, 6.07) is 6.68. The highest BCUT2D eigenvalue weighted by Gasteiger charge is 2.07. The van der Waals surface area contributed by atoms with Gasteiger partial charge in [0.15, 0.2) is 0 Å². The summed E-state index contributed by atoms with van der Waals surface area (Å²) >= 11 is 0. The van der Waals surface area contributed by atoms with E-state index < -0.39 is 11.9 Å². The van der Waals surface area contributed by atoms with Gasteiger partial charge in [0.2, 0.25) is 0 Å². The van der Waals surface area contributed by atoms with Crippen molar-refractivity contribution in [3.8, 4) is 5.75 Å². The first-order chi connectivity index (χ1) is 8.61. The Balaban J connectivity index is 2.19. The number of rotatable bonds is 6. The molecule has 0 bridgehead atoms. The summed E-state index contributed by atoms with van der Waals surface area (Å²) in [5.41, 5.74) is 0.966. The third-order valence-electron chi connectivity index (χ3n) is 2.35. The molecular formula is C13H16O5. The topological polar surface area (TPSA) is 72.8 Å². The van der Waals surface area contributed by atoms with Crippen molar-refractivity contribution in [2.75, 3.05) is 13.7 Å². The van der Waals surface area contributed by atoms with Crippen molar-refractivity contribution in [2.24, 2.45) is 0 Å². The van der Waals surface area contributed by atoms with Gasteiger partial charge in [-0.15, -0.1) is 0 Å². The fourth-order valence-corrected chi connectivity index (χ4v) is 1.32. The lowest BCUT2D eigenvalue weighted by Crippen LogP contribution is -2.10. The average molecular weight is 252 g/mol. The number of hydrogen-bond acceptors (Lipinski definition) is 5. The molecule has 18 heavy (non-hydrogen) atoms. The normalized spacial score (nSPS) is 9.83. The van der Waals surface area contributed by atoms with E-state index in [0.717, 1.165) is 5.56 Å². The van der Waals surface area contributed by atoms with Gasteiger partial charge in [0.25, 0.3) is 0 Å². The standard InChI is InChI=1S/C13H16O5/c1-17-12(15)6-7-13(16)18-9-8-10-2-4-11(14)5-3-10/h2-5,14H,6-9H2,1H3. The maximum atomic E-state index is 11.2. The van der Waals surface area contributed by atoms with Gasteiger partial charge in [-0.1, -0.05) is 12.1 Å². The van der Waals surface area contributed by atoms with Gasteiger partial charge in [-0.05, 0) is 17.7 Å². The van der Waals surface area contributed by atoms with E-state index in [-0.39, 0.29) is 25.2 Å². The van der Waals surface area contributed by atoms with Crippen LogP contribution in [0, 0.1) is 0 Å². The second-order valence-electron chi connectivity index (χ2n) is 3.71. The Kier molecular flexibility index (Phi) is 5.70. The highest BCUT2D eigenvalue weighted by molar-refractivity contribution is 5.77. The van der Waals surface area contributed by atoms with Gasteiger partial charge < -0.3 is 14.6 Å². The fraction of sp³-hybridized carbons (Fsp3) is 0.385. The molecule has 0 radical (unpaired) electrons. The number of benzene rings is 1. The number of carbonyl (C=O) groups is 2. The van der Waals surface area contributed by atoms with Crippen LogP contribution < -0.4 is 0 Å². The van der Waals surface area contributed by atoms with Crippen LogP contribution in [-0.2, 0) is 25.5 Å². The van der Waals surface area contributed by atoms with Gasteiger partial charge in [0.05, 0.1) is 26.6 Å². The molecular weight excluding hydrogens is 236 g/mol. The van der Waals surface area contributed by atoms with E-state index in [0.29, 0.717) is 6.42 Å². The number of phenols is 1. The summed E-state index contributed by atoms with van der Waals surface area (Å²) < 4.78 is 9.38. The molecule has 5 heteroatoms. The van der Waals surface area contributed by atoms with Gasteiger partial charge in [-0.25, -0.2) is 0 Å². The van der Waals surface area contributed by atoms with Crippen LogP contribution in [0.2, 0.25) is 0 Å². The Hall–Kier alpha value is -2.04. The SMILES string of the molecule is COC(=O)CCC(=O)OCCc1ccc(O)cc1. The number of ether oxygens (including phenoxy) is 2. The van der Waals surface area contributed by atoms with Crippen LogP contribution in [0.3, 0.4) is 0 Å². The molecule has 0 heterocycles. The number of aromatic hydroxyl groups is 1. The Morgan fingerprint density at radius 2 is 1.72 bits per heavy atom. The molecule has 0 spiro atoms. The maximum absolute atomic E-state index is 11.2. The molecule has 0 unspecified atom stereocenters. The van der Waals surface area contributed by atoms with Gasteiger partial charge in [0, 0.05) is 6.42 Å². The van der Waals surface area contributed by atoms with Crippen molar-refractivity contribution in [1.29, 1.82) is 0 Å². The zero-order valence-corrected chi connectivity index (χ0v) is 10.2. The van der Waals surface area contributed by atoms with Gasteiger partial charge in [-0.2, -0.15) is 0 Å². The summed E-state index contributed by atoms with van der Waals surface area (Å²) in [5, 5.41) is 9.09. The van der Waals surface area contributed by atoms with E-state index in [1.165, 1.54) is 7.11 Å². The highest BCUT2D eigenvalue weighted by Crippen LogP contribution is 2.10. The second kappa shape index (κ2) is 7.32. The van der Waals surface area contributed by atoms with Gasteiger partial charge >= 0.3 is 11.9 Å². The molecule has 1 N–H and O–H groups in total. The molecule has 0 amide bonds. The number of hydrogen-bond donors (Lipinski definition) is 1. The molecule has 98 valence electrons. The molecule has 0 aliphatic rings. The number of methoxy groups -OCH3 is 1. The van der Waals surface area contributed by atoms with Crippen molar-refractivity contribution in [3.05, 3.63) is 29.8 Å². The highest BCUT2D eigenvalue weighted by atomic mass is 16.5. The smallest absolute Gasteiger partial charge is 0.306 e. The Labute approximate surface area is 105 Å². The predicted molar refractivity (Wildman–Crippen MR) is 64.0 cm³/mol. The van der Waals surface area contributed by atoms with E-state index in [4.69, 9.17) is 9.84 Å². The van der Waals surface area contributed by atoms with Crippen LogP contribution in [0.4, 0.5) is 0 Å². The number of phenolic OH excluding ortho intramolecular Hbond substituents is 1. The second-order valence-corrected chi connectivity index (χ2v) is 3.71. The minimum Gasteiger partial charge on any atom is -0.508 e. The molecule has 0 saturated carbocycles. The predicted octanol–water partition coefficient (Wildman–Crippen LogP) is 1.43. The van der Waals surface area contributed by atoms with Gasteiger partial charge in [-0.3, -0.25) is 9.59 Å². The summed E-state index contributed by atoms with van der Waals surface area (Å²) in [5.74, 6) is -0.640. The van der Waals surface area contributed by atoms with E-state index in [1.807, 2.05) is 0 Å². The lowest BCUT2D eigenvalue weighted by molar-refractivity contribution is -0.148. The molecule has 0 fully saturated rings. The molecule has 0 aliphatic heterocycles. The van der Waals surface area contributed by atoms with E-state index in [2.05, 4.69) is 4.74 Å². The lowest BCUT2D eigenvalue weighted by Gasteiger charge is -2.04. The first kappa shape index (κ1) is 14.0. The summed E-state index contributed by atoms with van der Waals surface area (Å²) in [6.45, 7) is 0.255. The molecule has 0 aliphatic carbocycles. The quantitative estimate of drug-likeness (QED) is 0.775. The maximum Gasteiger partial charge on any atom is 0.306 e. The Morgan fingerprint density at radius 3 is 2.33 bits per heavy atom. The molecule has 1 aromatic rings. The fourth-order valence-electron chi connectivity index (χ4n) is 1.32. The molecule has 0 atom stereocenters. The van der Waals surface area contributed by atoms with E-state index >= 15 is 0 Å². The van der Waals surface area contributed by atoms with Crippen molar-refractivity contribution >= 4 is 11.9 Å². The Morgan fingerprint density at radius 1 is 1.11 bits per heavy atom. The van der Waals surface area contributed by atoms with Crippen LogP contribution in [-0.4, -0.2) is 30.8 Å². The van der Waals surface area contributed by atoms with E-state index in [9.17, 15) is 9.59 Å². The molecule has 1 rings (SSSR count). The summed E-state index contributed by atoms with van der Waals surface area (Å²) in [7, 11) is 1.28. The van der Waals surface area contributed by atoms with Crippen molar-refractivity contribution < 1.29 is 24.2 Å². The van der Waals surface area contributed by atoms with Gasteiger partial charge in [0.1, 0.15) is 5.75 Å². The minimum atomic E-state index is -0.425. The monoisotopic (exact) mass is 252 g/mol. The number of esters is 2. The van der Waals surface area contributed by atoms with Crippen molar-refractivity contribution in [1.82, 2.24) is 0 Å². The van der Waals surface area contributed by atoms with Crippen molar-refractivity contribution in [3.63, 3.8) is 0 Å². The largest absolute Gasteiger partial charge is 0.508 e. The molecule has 1 aromatic carbocycles. The third-order valence-corrected chi connectivity index (χ3v) is 2.35. The zero-order chi connectivity index (χ0) is 13.4. The minimum absolute atomic E-state index is 0.0300. The molecule has 0 saturated heterocycles. The van der Waals surface area contributed by atoms with E-state index in [1.54, 1.807) is 24.3 Å². The van der Waals surface area contributed by atoms with Crippen LogP contribution in [0.1, 0.15) is 18.4 Å². The summed E-state index contributed by atoms with van der Waals surface area (Å²) in [6.07, 6.45) is 0.640. The zero-order valence-electron chi connectivity index (χ0n) is 10.2. The lowest BCUT2D eigenvalue weighted by atomic mass is 10.1. The molecule has 5 nitrogen and oxygen atoms in total. The number of carbonyl (C=O) groups excluding carboxylic acids is 2.